The molecule has 0 aliphatic rings. The molecule has 8 nitrogen and oxygen atoms in total. The summed E-state index contributed by atoms with van der Waals surface area (Å²) in [6.07, 6.45) is 0.342. The van der Waals surface area contributed by atoms with E-state index in [-0.39, 0.29) is 13.2 Å². The molecule has 92 valence electrons. The first-order valence-corrected chi connectivity index (χ1v) is 7.48. The minimum absolute atomic E-state index is 0.108. The molecular weight excluding hydrogens is 248 g/mol. The molecule has 0 heterocycles. The Morgan fingerprint density at radius 3 is 1.87 bits per heavy atom. The lowest BCUT2D eigenvalue weighted by molar-refractivity contribution is 0.285. The fourth-order valence-electron chi connectivity index (χ4n) is 0.869. The van der Waals surface area contributed by atoms with E-state index in [4.69, 9.17) is 24.7 Å². The van der Waals surface area contributed by atoms with Crippen LogP contribution in [0, 0.1) is 0 Å². The maximum Gasteiger partial charge on any atom is 0.342 e. The number of aliphatic hydroxyl groups excluding tert-OH is 1. The molecule has 0 saturated heterocycles. The number of nitrogens with one attached hydrogen (secondary N) is 1. The van der Waals surface area contributed by atoms with Crippen molar-refractivity contribution in [3.63, 3.8) is 0 Å². The van der Waals surface area contributed by atoms with Crippen molar-refractivity contribution in [1.82, 2.24) is 5.32 Å². The summed E-state index contributed by atoms with van der Waals surface area (Å²) in [4.78, 5) is 34.8. The SMILES string of the molecule is O=P(O)(O)C(CNCCCO)P(=O)(O)O. The fraction of sp³-hybridized carbons (Fsp3) is 1.00. The Labute approximate surface area is 86.6 Å². The van der Waals surface area contributed by atoms with E-state index in [1.54, 1.807) is 0 Å². The molecule has 15 heavy (non-hydrogen) atoms. The average Bonchev–Trinajstić information content (AvgIpc) is 1.99. The van der Waals surface area contributed by atoms with E-state index < -0.39 is 27.1 Å². The van der Waals surface area contributed by atoms with Gasteiger partial charge >= 0.3 is 15.2 Å². The number of rotatable bonds is 7. The molecule has 6 N–H and O–H groups in total. The molecule has 0 fully saturated rings. The quantitative estimate of drug-likeness (QED) is 0.244. The first kappa shape index (κ1) is 15.2. The molecule has 0 bridgehead atoms. The summed E-state index contributed by atoms with van der Waals surface area (Å²) >= 11 is 0. The smallest absolute Gasteiger partial charge is 0.342 e. The summed E-state index contributed by atoms with van der Waals surface area (Å²) in [6.45, 7) is -0.370. The summed E-state index contributed by atoms with van der Waals surface area (Å²) in [5.74, 6) is 0. The van der Waals surface area contributed by atoms with Gasteiger partial charge in [0.15, 0.2) is 5.40 Å². The third-order valence-corrected chi connectivity index (χ3v) is 5.34. The molecule has 0 atom stereocenters. The largest absolute Gasteiger partial charge is 0.396 e. The van der Waals surface area contributed by atoms with Crippen LogP contribution in [-0.4, -0.2) is 49.8 Å². The maximum atomic E-state index is 10.8. The molecule has 0 aliphatic heterocycles. The van der Waals surface area contributed by atoms with Crippen LogP contribution in [0.2, 0.25) is 0 Å². The van der Waals surface area contributed by atoms with Crippen LogP contribution < -0.4 is 5.32 Å². The molecule has 0 aromatic heterocycles. The Morgan fingerprint density at radius 1 is 1.07 bits per heavy atom. The lowest BCUT2D eigenvalue weighted by Gasteiger charge is -2.19. The summed E-state index contributed by atoms with van der Waals surface area (Å²) in [5, 5.41) is 8.83. The van der Waals surface area contributed by atoms with Gasteiger partial charge in [-0.2, -0.15) is 0 Å². The molecule has 0 unspecified atom stereocenters. The van der Waals surface area contributed by atoms with E-state index >= 15 is 0 Å². The van der Waals surface area contributed by atoms with Crippen molar-refractivity contribution in [2.45, 2.75) is 11.8 Å². The van der Waals surface area contributed by atoms with Gasteiger partial charge in [0, 0.05) is 13.2 Å². The van der Waals surface area contributed by atoms with Crippen molar-refractivity contribution in [1.29, 1.82) is 0 Å². The Balaban J connectivity index is 4.30. The zero-order valence-corrected chi connectivity index (χ0v) is 9.64. The third-order valence-electron chi connectivity index (χ3n) is 1.62. The fourth-order valence-corrected chi connectivity index (χ4v) is 3.17. The van der Waals surface area contributed by atoms with Gasteiger partial charge in [-0.25, -0.2) is 0 Å². The molecule has 0 amide bonds. The van der Waals surface area contributed by atoms with Crippen LogP contribution in [0.4, 0.5) is 0 Å². The van der Waals surface area contributed by atoms with Crippen molar-refractivity contribution in [2.75, 3.05) is 19.7 Å². The van der Waals surface area contributed by atoms with E-state index in [2.05, 4.69) is 5.32 Å². The van der Waals surface area contributed by atoms with Gasteiger partial charge in [0.05, 0.1) is 0 Å². The standard InChI is InChI=1S/C5H15NO7P2/c7-3-1-2-6-4-5(14(8,9)10)15(11,12)13/h5-7H,1-4H2,(H2,8,9,10)(H2,11,12,13). The lowest BCUT2D eigenvalue weighted by atomic mass is 10.4. The summed E-state index contributed by atoms with van der Waals surface area (Å²) in [7, 11) is -9.67. The maximum absolute atomic E-state index is 10.8. The average molecular weight is 263 g/mol. The Kier molecular flexibility index (Phi) is 6.17. The Bertz CT molecular complexity index is 249. The molecule has 10 heteroatoms. The molecule has 0 aromatic carbocycles. The summed E-state index contributed by atoms with van der Waals surface area (Å²) in [6, 6.07) is 0. The van der Waals surface area contributed by atoms with Gasteiger partial charge in [0.1, 0.15) is 0 Å². The summed E-state index contributed by atoms with van der Waals surface area (Å²) < 4.78 is 21.5. The van der Waals surface area contributed by atoms with Gasteiger partial charge in [0.25, 0.3) is 0 Å². The van der Waals surface area contributed by atoms with Crippen LogP contribution in [0.3, 0.4) is 0 Å². The van der Waals surface area contributed by atoms with E-state index in [0.717, 1.165) is 0 Å². The van der Waals surface area contributed by atoms with Gasteiger partial charge in [0.2, 0.25) is 0 Å². The van der Waals surface area contributed by atoms with Gasteiger partial charge in [-0.3, -0.25) is 9.13 Å². The second kappa shape index (κ2) is 6.08. The number of hydrogen-bond donors (Lipinski definition) is 6. The van der Waals surface area contributed by atoms with Crippen LogP contribution in [-0.2, 0) is 9.13 Å². The molecule has 0 rings (SSSR count). The van der Waals surface area contributed by atoms with Crippen LogP contribution in [0.15, 0.2) is 0 Å². The van der Waals surface area contributed by atoms with Gasteiger partial charge < -0.3 is 30.0 Å². The summed E-state index contributed by atoms with van der Waals surface area (Å²) in [5.41, 5.74) is 0. The molecule has 0 spiro atoms. The molecular formula is C5H15NO7P2. The van der Waals surface area contributed by atoms with E-state index in [0.29, 0.717) is 6.42 Å². The number of hydrogen-bond acceptors (Lipinski definition) is 4. The minimum atomic E-state index is -4.83. The topological polar surface area (TPSA) is 147 Å². The van der Waals surface area contributed by atoms with Gasteiger partial charge in [-0.1, -0.05) is 0 Å². The highest BCUT2D eigenvalue weighted by Gasteiger charge is 2.42. The molecule has 0 aromatic rings. The molecule has 0 aliphatic carbocycles. The van der Waals surface area contributed by atoms with Crippen molar-refractivity contribution >= 4 is 15.2 Å². The van der Waals surface area contributed by atoms with E-state index in [9.17, 15) is 9.13 Å². The van der Waals surface area contributed by atoms with Gasteiger partial charge in [-0.15, -0.1) is 0 Å². The van der Waals surface area contributed by atoms with Crippen molar-refractivity contribution in [3.05, 3.63) is 0 Å². The monoisotopic (exact) mass is 263 g/mol. The van der Waals surface area contributed by atoms with Crippen molar-refractivity contribution < 1.29 is 33.8 Å². The van der Waals surface area contributed by atoms with Crippen LogP contribution in [0.25, 0.3) is 0 Å². The highest BCUT2D eigenvalue weighted by atomic mass is 31.2. The lowest BCUT2D eigenvalue weighted by Crippen LogP contribution is -2.28. The van der Waals surface area contributed by atoms with Gasteiger partial charge in [-0.05, 0) is 13.0 Å². The van der Waals surface area contributed by atoms with Crippen LogP contribution in [0.5, 0.6) is 0 Å². The molecule has 0 saturated carbocycles. The first-order chi connectivity index (χ1) is 6.69. The second-order valence-electron chi connectivity index (χ2n) is 2.94. The normalized spacial score (nSPS) is 13.5. The third kappa shape index (κ3) is 6.40. The second-order valence-corrected chi connectivity index (χ2v) is 6.95. The van der Waals surface area contributed by atoms with Crippen LogP contribution >= 0.6 is 15.2 Å². The Morgan fingerprint density at radius 2 is 1.53 bits per heavy atom. The van der Waals surface area contributed by atoms with E-state index in [1.807, 2.05) is 0 Å². The minimum Gasteiger partial charge on any atom is -0.396 e. The highest BCUT2D eigenvalue weighted by Crippen LogP contribution is 2.59. The number of aliphatic hydroxyl groups is 1. The first-order valence-electron chi connectivity index (χ1n) is 4.11. The molecule has 0 radical (unpaired) electrons. The van der Waals surface area contributed by atoms with Crippen molar-refractivity contribution in [2.24, 2.45) is 0 Å². The Hall–Kier alpha value is 0.220. The van der Waals surface area contributed by atoms with Crippen molar-refractivity contribution in [3.8, 4) is 0 Å². The predicted octanol–water partition coefficient (Wildman–Crippen LogP) is -1.36. The zero-order valence-electron chi connectivity index (χ0n) is 7.85. The van der Waals surface area contributed by atoms with Crippen LogP contribution in [0.1, 0.15) is 6.42 Å². The highest BCUT2D eigenvalue weighted by molar-refractivity contribution is 7.70. The van der Waals surface area contributed by atoms with E-state index in [1.165, 1.54) is 0 Å². The predicted molar refractivity (Wildman–Crippen MR) is 52.4 cm³/mol. The zero-order chi connectivity index (χ0) is 12.1.